The molecule has 2 aromatic rings. The van der Waals surface area contributed by atoms with Gasteiger partial charge in [0.1, 0.15) is 0 Å². The maximum absolute atomic E-state index is 7.14. The molecule has 0 unspecified atom stereocenters. The number of hydrogen-bond acceptors (Lipinski definition) is 1. The molecule has 1 aromatic carbocycles. The standard InChI is InChI=1S/C13H14N2O/c1-14-12-10-15(8-5-9-16-2)13-7-4-3-6-11(12)13/h3-4,6-7,10H,5,8-9H2,2H3. The van der Waals surface area contributed by atoms with Crippen LogP contribution in [0.25, 0.3) is 15.7 Å². The fourth-order valence-corrected chi connectivity index (χ4v) is 1.88. The molecule has 2 rings (SSSR count). The molecule has 16 heavy (non-hydrogen) atoms. The number of benzene rings is 1. The zero-order valence-electron chi connectivity index (χ0n) is 9.31. The molecule has 0 saturated heterocycles. The van der Waals surface area contributed by atoms with Crippen LogP contribution >= 0.6 is 0 Å². The molecular formula is C13H14N2O. The van der Waals surface area contributed by atoms with E-state index < -0.39 is 0 Å². The summed E-state index contributed by atoms with van der Waals surface area (Å²) in [6, 6.07) is 8.02. The molecule has 0 N–H and O–H groups in total. The van der Waals surface area contributed by atoms with Gasteiger partial charge < -0.3 is 9.30 Å². The van der Waals surface area contributed by atoms with E-state index in [0.717, 1.165) is 36.2 Å². The zero-order chi connectivity index (χ0) is 11.4. The first-order chi connectivity index (χ1) is 7.86. The maximum atomic E-state index is 7.14. The lowest BCUT2D eigenvalue weighted by Crippen LogP contribution is -1.99. The van der Waals surface area contributed by atoms with Crippen LogP contribution in [0.1, 0.15) is 6.42 Å². The zero-order valence-corrected chi connectivity index (χ0v) is 9.31. The van der Waals surface area contributed by atoms with Crippen molar-refractivity contribution in [3.63, 3.8) is 0 Å². The van der Waals surface area contributed by atoms with Gasteiger partial charge in [-0.1, -0.05) is 18.2 Å². The summed E-state index contributed by atoms with van der Waals surface area (Å²) < 4.78 is 7.16. The van der Waals surface area contributed by atoms with E-state index in [-0.39, 0.29) is 0 Å². The lowest BCUT2D eigenvalue weighted by molar-refractivity contribution is 0.190. The maximum Gasteiger partial charge on any atom is 0.212 e. The fraction of sp³-hybridized carbons (Fsp3) is 0.308. The van der Waals surface area contributed by atoms with Crippen LogP contribution < -0.4 is 0 Å². The van der Waals surface area contributed by atoms with Crippen molar-refractivity contribution in [2.75, 3.05) is 13.7 Å². The third kappa shape index (κ3) is 1.93. The minimum atomic E-state index is 0.730. The topological polar surface area (TPSA) is 18.5 Å². The van der Waals surface area contributed by atoms with E-state index in [0.29, 0.717) is 0 Å². The smallest absolute Gasteiger partial charge is 0.212 e. The van der Waals surface area contributed by atoms with Crippen LogP contribution in [0, 0.1) is 6.57 Å². The molecule has 0 radical (unpaired) electrons. The molecule has 3 heteroatoms. The number of ether oxygens (including phenoxy) is 1. The molecule has 0 spiro atoms. The average molecular weight is 214 g/mol. The van der Waals surface area contributed by atoms with Gasteiger partial charge in [0.25, 0.3) is 0 Å². The summed E-state index contributed by atoms with van der Waals surface area (Å²) in [5.74, 6) is 0. The number of methoxy groups -OCH3 is 1. The number of rotatable bonds is 4. The largest absolute Gasteiger partial charge is 0.385 e. The van der Waals surface area contributed by atoms with Gasteiger partial charge in [-0.2, -0.15) is 0 Å². The minimum absolute atomic E-state index is 0.730. The van der Waals surface area contributed by atoms with Crippen LogP contribution in [0.5, 0.6) is 0 Å². The molecule has 1 heterocycles. The summed E-state index contributed by atoms with van der Waals surface area (Å²) in [7, 11) is 1.71. The summed E-state index contributed by atoms with van der Waals surface area (Å²) >= 11 is 0. The Balaban J connectivity index is 2.35. The second-order valence-corrected chi connectivity index (χ2v) is 3.68. The minimum Gasteiger partial charge on any atom is -0.385 e. The van der Waals surface area contributed by atoms with Gasteiger partial charge in [0.15, 0.2) is 0 Å². The monoisotopic (exact) mass is 214 g/mol. The van der Waals surface area contributed by atoms with E-state index in [1.54, 1.807) is 7.11 Å². The van der Waals surface area contributed by atoms with Gasteiger partial charge in [0, 0.05) is 37.4 Å². The van der Waals surface area contributed by atoms with Gasteiger partial charge >= 0.3 is 0 Å². The summed E-state index contributed by atoms with van der Waals surface area (Å²) in [4.78, 5) is 3.55. The van der Waals surface area contributed by atoms with Crippen molar-refractivity contribution in [2.45, 2.75) is 13.0 Å². The summed E-state index contributed by atoms with van der Waals surface area (Å²) in [5.41, 5.74) is 1.86. The number of nitrogens with zero attached hydrogens (tertiary/aromatic N) is 2. The Morgan fingerprint density at radius 2 is 2.19 bits per heavy atom. The Bertz CT molecular complexity index is 522. The van der Waals surface area contributed by atoms with Gasteiger partial charge in [-0.3, -0.25) is 0 Å². The Labute approximate surface area is 95.1 Å². The average Bonchev–Trinajstić information content (AvgIpc) is 2.68. The lowest BCUT2D eigenvalue weighted by Gasteiger charge is -2.04. The van der Waals surface area contributed by atoms with E-state index in [4.69, 9.17) is 11.3 Å². The van der Waals surface area contributed by atoms with E-state index in [1.165, 1.54) is 0 Å². The Kier molecular flexibility index (Phi) is 3.23. The van der Waals surface area contributed by atoms with Crippen molar-refractivity contribution < 1.29 is 4.74 Å². The van der Waals surface area contributed by atoms with E-state index in [9.17, 15) is 0 Å². The number of para-hydroxylation sites is 1. The molecule has 3 nitrogen and oxygen atoms in total. The Hall–Kier alpha value is -1.79. The number of aryl methyl sites for hydroxylation is 1. The first kappa shape index (κ1) is 10.7. The summed E-state index contributed by atoms with van der Waals surface area (Å²) in [6.07, 6.45) is 2.89. The SMILES string of the molecule is [C-]#[N+]c1cn(CCCOC)c2ccccc12. The van der Waals surface area contributed by atoms with Crippen LogP contribution in [0.3, 0.4) is 0 Å². The highest BCUT2D eigenvalue weighted by molar-refractivity contribution is 5.93. The molecule has 82 valence electrons. The van der Waals surface area contributed by atoms with Gasteiger partial charge in [0.05, 0.1) is 6.57 Å². The van der Waals surface area contributed by atoms with E-state index >= 15 is 0 Å². The van der Waals surface area contributed by atoms with Crippen LogP contribution in [0.15, 0.2) is 30.5 Å². The molecule has 0 bridgehead atoms. The molecular weight excluding hydrogens is 200 g/mol. The number of hydrogen-bond donors (Lipinski definition) is 0. The Morgan fingerprint density at radius 1 is 1.38 bits per heavy atom. The Morgan fingerprint density at radius 3 is 2.94 bits per heavy atom. The van der Waals surface area contributed by atoms with Crippen LogP contribution in [-0.2, 0) is 11.3 Å². The van der Waals surface area contributed by atoms with Crippen molar-refractivity contribution >= 4 is 16.6 Å². The van der Waals surface area contributed by atoms with Crippen LogP contribution in [0.2, 0.25) is 0 Å². The highest BCUT2D eigenvalue weighted by Gasteiger charge is 2.06. The molecule has 0 aliphatic rings. The first-order valence-electron chi connectivity index (χ1n) is 5.31. The second kappa shape index (κ2) is 4.82. The van der Waals surface area contributed by atoms with Crippen molar-refractivity contribution in [3.05, 3.63) is 41.9 Å². The van der Waals surface area contributed by atoms with Crippen molar-refractivity contribution in [1.82, 2.24) is 4.57 Å². The van der Waals surface area contributed by atoms with Crippen molar-refractivity contribution in [1.29, 1.82) is 0 Å². The molecule has 0 atom stereocenters. The van der Waals surface area contributed by atoms with Crippen LogP contribution in [-0.4, -0.2) is 18.3 Å². The third-order valence-corrected chi connectivity index (χ3v) is 2.64. The van der Waals surface area contributed by atoms with Gasteiger partial charge in [-0.05, 0) is 12.5 Å². The quantitative estimate of drug-likeness (QED) is 0.564. The predicted molar refractivity (Wildman–Crippen MR) is 64.7 cm³/mol. The first-order valence-corrected chi connectivity index (χ1v) is 5.31. The van der Waals surface area contributed by atoms with Gasteiger partial charge in [-0.25, -0.2) is 4.85 Å². The van der Waals surface area contributed by atoms with Crippen molar-refractivity contribution in [2.24, 2.45) is 0 Å². The second-order valence-electron chi connectivity index (χ2n) is 3.68. The van der Waals surface area contributed by atoms with Gasteiger partial charge in [-0.15, -0.1) is 0 Å². The third-order valence-electron chi connectivity index (χ3n) is 2.64. The normalized spacial score (nSPS) is 10.5. The molecule has 0 aliphatic heterocycles. The molecule has 0 aliphatic carbocycles. The lowest BCUT2D eigenvalue weighted by atomic mass is 10.2. The molecule has 0 amide bonds. The van der Waals surface area contributed by atoms with Gasteiger partial charge in [0.2, 0.25) is 5.69 Å². The number of fused-ring (bicyclic) bond motifs is 1. The highest BCUT2D eigenvalue weighted by Crippen LogP contribution is 2.28. The van der Waals surface area contributed by atoms with E-state index in [2.05, 4.69) is 15.5 Å². The molecule has 1 aromatic heterocycles. The molecule has 0 saturated carbocycles. The fourth-order valence-electron chi connectivity index (χ4n) is 1.88. The van der Waals surface area contributed by atoms with Crippen molar-refractivity contribution in [3.8, 4) is 0 Å². The highest BCUT2D eigenvalue weighted by atomic mass is 16.5. The number of aromatic nitrogens is 1. The van der Waals surface area contributed by atoms with Crippen LogP contribution in [0.4, 0.5) is 5.69 Å². The predicted octanol–water partition coefficient (Wildman–Crippen LogP) is 3.23. The molecule has 0 fully saturated rings. The summed E-state index contributed by atoms with van der Waals surface area (Å²) in [6.45, 7) is 8.78. The summed E-state index contributed by atoms with van der Waals surface area (Å²) in [5, 5.41) is 1.04. The van der Waals surface area contributed by atoms with E-state index in [1.807, 2.05) is 24.4 Å².